The highest BCUT2D eigenvalue weighted by atomic mass is 16.6. The molecule has 1 aromatic heterocycles. The zero-order valence-corrected chi connectivity index (χ0v) is 16.5. The predicted octanol–water partition coefficient (Wildman–Crippen LogP) is 3.88. The second kappa shape index (κ2) is 8.11. The molecule has 0 unspecified atom stereocenters. The molecule has 0 bridgehead atoms. The maximum Gasteiger partial charge on any atom is 0.322 e. The molecule has 0 fully saturated rings. The first-order valence-corrected chi connectivity index (χ1v) is 8.95. The molecule has 1 heterocycles. The molecule has 0 atom stereocenters. The van der Waals surface area contributed by atoms with E-state index in [1.165, 1.54) is 24.3 Å². The number of nitrogens with zero attached hydrogens (tertiary/aromatic N) is 3. The molecule has 2 N–H and O–H groups in total. The number of aromatic nitrogens is 2. The van der Waals surface area contributed by atoms with Crippen LogP contribution in [0.5, 0.6) is 0 Å². The van der Waals surface area contributed by atoms with Gasteiger partial charge in [0, 0.05) is 34.4 Å². The Balaban J connectivity index is 1.65. The van der Waals surface area contributed by atoms with Crippen LogP contribution in [-0.2, 0) is 4.79 Å². The summed E-state index contributed by atoms with van der Waals surface area (Å²) in [6.07, 6.45) is 0. The first-order chi connectivity index (χ1) is 14.1. The van der Waals surface area contributed by atoms with E-state index in [2.05, 4.69) is 20.8 Å². The summed E-state index contributed by atoms with van der Waals surface area (Å²) in [7, 11) is 0. The Hall–Kier alpha value is -4.08. The van der Waals surface area contributed by atoms with Crippen LogP contribution in [0.3, 0.4) is 0 Å². The van der Waals surface area contributed by atoms with E-state index in [9.17, 15) is 19.7 Å². The molecule has 154 valence electrons. The predicted molar refractivity (Wildman–Crippen MR) is 109 cm³/mol. The van der Waals surface area contributed by atoms with Gasteiger partial charge in [-0.25, -0.2) is 0 Å². The highest BCUT2D eigenvalue weighted by Gasteiger charge is 2.21. The molecule has 10 heteroatoms. The number of benzene rings is 2. The number of rotatable bonds is 5. The van der Waals surface area contributed by atoms with Crippen LogP contribution in [0.25, 0.3) is 11.5 Å². The topological polar surface area (TPSA) is 140 Å². The fourth-order valence-corrected chi connectivity index (χ4v) is 2.31. The molecule has 0 aliphatic carbocycles. The molecular formula is C20H19N5O5. The summed E-state index contributed by atoms with van der Waals surface area (Å²) >= 11 is 0. The molecule has 3 rings (SSSR count). The number of non-ortho nitro benzene ring substituents is 1. The average Bonchev–Trinajstić information content (AvgIpc) is 3.16. The van der Waals surface area contributed by atoms with Crippen LogP contribution in [0.2, 0.25) is 0 Å². The number of carbonyl (C=O) groups is 2. The molecule has 0 aliphatic heterocycles. The number of nitrogens with one attached hydrogen (secondary N) is 2. The van der Waals surface area contributed by atoms with Crippen LogP contribution in [0.4, 0.5) is 17.4 Å². The molecule has 0 aliphatic rings. The fraction of sp³-hybridized carbons (Fsp3) is 0.200. The molecule has 30 heavy (non-hydrogen) atoms. The first-order valence-electron chi connectivity index (χ1n) is 8.95. The lowest BCUT2D eigenvalue weighted by Crippen LogP contribution is -2.27. The van der Waals surface area contributed by atoms with Gasteiger partial charge in [-0.2, -0.15) is 0 Å². The van der Waals surface area contributed by atoms with Crippen LogP contribution >= 0.6 is 0 Å². The number of hydrogen-bond acceptors (Lipinski definition) is 7. The third-order valence-electron chi connectivity index (χ3n) is 4.06. The summed E-state index contributed by atoms with van der Waals surface area (Å²) in [5, 5.41) is 23.6. The average molecular weight is 409 g/mol. The minimum atomic E-state index is -0.532. The summed E-state index contributed by atoms with van der Waals surface area (Å²) in [6.45, 7) is 5.42. The van der Waals surface area contributed by atoms with Gasteiger partial charge in [-0.1, -0.05) is 25.9 Å². The molecule has 2 amide bonds. The molecular weight excluding hydrogens is 390 g/mol. The second-order valence-corrected chi connectivity index (χ2v) is 7.45. The lowest BCUT2D eigenvalue weighted by Gasteiger charge is -2.17. The number of anilines is 2. The van der Waals surface area contributed by atoms with Gasteiger partial charge < -0.3 is 9.73 Å². The van der Waals surface area contributed by atoms with Crippen molar-refractivity contribution in [2.24, 2.45) is 5.41 Å². The van der Waals surface area contributed by atoms with Crippen molar-refractivity contribution in [2.75, 3.05) is 10.6 Å². The smallest absolute Gasteiger partial charge is 0.322 e. The third-order valence-corrected chi connectivity index (χ3v) is 4.06. The van der Waals surface area contributed by atoms with Gasteiger partial charge in [0.05, 0.1) is 4.92 Å². The molecule has 10 nitrogen and oxygen atoms in total. The Labute approximate surface area is 171 Å². The first kappa shape index (κ1) is 20.6. The highest BCUT2D eigenvalue weighted by molar-refractivity contribution is 6.03. The van der Waals surface area contributed by atoms with Crippen LogP contribution in [0, 0.1) is 15.5 Å². The van der Waals surface area contributed by atoms with Gasteiger partial charge in [0.15, 0.2) is 0 Å². The minimum absolute atomic E-state index is 0.0612. The van der Waals surface area contributed by atoms with E-state index in [4.69, 9.17) is 4.42 Å². The van der Waals surface area contributed by atoms with Crippen LogP contribution in [-0.4, -0.2) is 26.9 Å². The zero-order chi connectivity index (χ0) is 21.9. The molecule has 3 aromatic rings. The summed E-state index contributed by atoms with van der Waals surface area (Å²) in [6, 6.07) is 11.8. The van der Waals surface area contributed by atoms with E-state index in [0.717, 1.165) is 0 Å². The quantitative estimate of drug-likeness (QED) is 0.481. The molecule has 0 radical (unpaired) electrons. The Kier molecular flexibility index (Phi) is 5.58. The van der Waals surface area contributed by atoms with E-state index >= 15 is 0 Å². The van der Waals surface area contributed by atoms with E-state index in [1.807, 2.05) is 0 Å². The van der Waals surface area contributed by atoms with Gasteiger partial charge in [-0.05, 0) is 36.4 Å². The monoisotopic (exact) mass is 409 g/mol. The van der Waals surface area contributed by atoms with Gasteiger partial charge in [-0.15, -0.1) is 5.10 Å². The van der Waals surface area contributed by atoms with Gasteiger partial charge in [0.25, 0.3) is 11.6 Å². The van der Waals surface area contributed by atoms with Crippen molar-refractivity contribution in [1.82, 2.24) is 10.2 Å². The normalized spacial score (nSPS) is 11.0. The largest absolute Gasteiger partial charge is 0.403 e. The van der Waals surface area contributed by atoms with Crippen molar-refractivity contribution in [2.45, 2.75) is 20.8 Å². The third kappa shape index (κ3) is 4.85. The minimum Gasteiger partial charge on any atom is -0.403 e. The van der Waals surface area contributed by atoms with Crippen LogP contribution < -0.4 is 10.6 Å². The van der Waals surface area contributed by atoms with Crippen LogP contribution in [0.1, 0.15) is 31.1 Å². The molecule has 2 aromatic carbocycles. The molecule has 0 saturated carbocycles. The standard InChI is InChI=1S/C20H19N5O5/c1-20(2,3)18(27)21-14-8-4-12(5-9-14)16(26)22-19-24-23-17(30-19)13-6-10-15(11-7-13)25(28)29/h4-11H,1-3H3,(H,21,27)(H,22,24,26). The van der Waals surface area contributed by atoms with Gasteiger partial charge in [0.1, 0.15) is 0 Å². The van der Waals surface area contributed by atoms with Crippen LogP contribution in [0.15, 0.2) is 52.9 Å². The number of nitro groups is 1. The zero-order valence-electron chi connectivity index (χ0n) is 16.5. The number of carbonyl (C=O) groups excluding carboxylic acids is 2. The highest BCUT2D eigenvalue weighted by Crippen LogP contribution is 2.23. The number of hydrogen-bond donors (Lipinski definition) is 2. The van der Waals surface area contributed by atoms with Crippen molar-refractivity contribution in [3.63, 3.8) is 0 Å². The van der Waals surface area contributed by atoms with Crippen molar-refractivity contribution >= 4 is 29.2 Å². The van der Waals surface area contributed by atoms with Crippen molar-refractivity contribution < 1.29 is 18.9 Å². The van der Waals surface area contributed by atoms with Gasteiger partial charge in [0.2, 0.25) is 11.8 Å². The summed E-state index contributed by atoms with van der Waals surface area (Å²) < 4.78 is 5.39. The van der Waals surface area contributed by atoms with E-state index in [0.29, 0.717) is 16.8 Å². The molecule has 0 spiro atoms. The summed E-state index contributed by atoms with van der Waals surface area (Å²) in [4.78, 5) is 34.6. The number of amides is 2. The maximum atomic E-state index is 12.4. The van der Waals surface area contributed by atoms with E-state index < -0.39 is 16.2 Å². The summed E-state index contributed by atoms with van der Waals surface area (Å²) in [5.41, 5.74) is 0.792. The summed E-state index contributed by atoms with van der Waals surface area (Å²) in [5.74, 6) is -0.493. The van der Waals surface area contributed by atoms with E-state index in [1.54, 1.807) is 45.0 Å². The SMILES string of the molecule is CC(C)(C)C(=O)Nc1ccc(C(=O)Nc2nnc(-c3ccc([N+](=O)[O-])cc3)o2)cc1. The van der Waals surface area contributed by atoms with Crippen molar-refractivity contribution in [1.29, 1.82) is 0 Å². The van der Waals surface area contributed by atoms with Crippen molar-refractivity contribution in [3.05, 3.63) is 64.2 Å². The van der Waals surface area contributed by atoms with Gasteiger partial charge in [-0.3, -0.25) is 25.0 Å². The molecule has 0 saturated heterocycles. The van der Waals surface area contributed by atoms with Crippen molar-refractivity contribution in [3.8, 4) is 11.5 Å². The lowest BCUT2D eigenvalue weighted by atomic mass is 9.95. The number of nitro benzene ring substituents is 1. The van der Waals surface area contributed by atoms with Gasteiger partial charge >= 0.3 is 6.01 Å². The Morgan fingerprint density at radius 2 is 1.60 bits per heavy atom. The fourth-order valence-electron chi connectivity index (χ4n) is 2.31. The second-order valence-electron chi connectivity index (χ2n) is 7.45. The van der Waals surface area contributed by atoms with E-state index in [-0.39, 0.29) is 23.5 Å². The Morgan fingerprint density at radius 1 is 0.967 bits per heavy atom. The maximum absolute atomic E-state index is 12.4. The Bertz CT molecular complexity index is 1080. The lowest BCUT2D eigenvalue weighted by molar-refractivity contribution is -0.384. The Morgan fingerprint density at radius 3 is 2.17 bits per heavy atom.